The van der Waals surface area contributed by atoms with Crippen LogP contribution in [0.25, 0.3) is 10.4 Å². The van der Waals surface area contributed by atoms with Gasteiger partial charge >= 0.3 is 0 Å². The summed E-state index contributed by atoms with van der Waals surface area (Å²) in [4.78, 5) is 2.76. The van der Waals surface area contributed by atoms with E-state index in [-0.39, 0.29) is 0 Å². The van der Waals surface area contributed by atoms with E-state index >= 15 is 0 Å². The summed E-state index contributed by atoms with van der Waals surface area (Å²) in [5, 5.41) is 5.09. The third-order valence-electron chi connectivity index (χ3n) is 1.59. The van der Waals surface area contributed by atoms with Crippen molar-refractivity contribution in [1.82, 2.24) is 0 Å². The largest absolute Gasteiger partial charge is 0.0876 e. The van der Waals surface area contributed by atoms with E-state index in [2.05, 4.69) is 41.9 Å². The van der Waals surface area contributed by atoms with Gasteiger partial charge in [-0.25, -0.2) is 0 Å². The van der Waals surface area contributed by atoms with E-state index in [0.717, 1.165) is 10.9 Å². The zero-order valence-corrected chi connectivity index (χ0v) is 9.92. The highest BCUT2D eigenvalue weighted by Crippen LogP contribution is 2.24. The van der Waals surface area contributed by atoms with Gasteiger partial charge < -0.3 is 0 Å². The van der Waals surface area contributed by atoms with Crippen molar-refractivity contribution in [3.63, 3.8) is 0 Å². The number of nitrogens with zero attached hydrogens (tertiary/aromatic N) is 3. The molecule has 0 radical (unpaired) electrons. The quantitative estimate of drug-likeness (QED) is 0.343. The van der Waals surface area contributed by atoms with Crippen LogP contribution in [-0.4, -0.2) is 0 Å². The van der Waals surface area contributed by atoms with Gasteiger partial charge in [-0.15, -0.1) is 0 Å². The van der Waals surface area contributed by atoms with E-state index < -0.39 is 0 Å². The second kappa shape index (κ2) is 5.27. The van der Waals surface area contributed by atoms with Gasteiger partial charge in [0.2, 0.25) is 0 Å². The van der Waals surface area contributed by atoms with Crippen molar-refractivity contribution < 1.29 is 0 Å². The van der Waals surface area contributed by atoms with Crippen LogP contribution in [0, 0.1) is 0 Å². The minimum absolute atomic E-state index is 0.684. The van der Waals surface area contributed by atoms with Crippen molar-refractivity contribution in [2.75, 3.05) is 0 Å². The molecule has 68 valence electrons. The number of azide groups is 1. The molecule has 0 atom stereocenters. The van der Waals surface area contributed by atoms with Gasteiger partial charge in [-0.2, -0.15) is 0 Å². The zero-order chi connectivity index (χ0) is 9.68. The maximum Gasteiger partial charge on any atom is 0.0416 e. The standard InChI is InChI=1S/C8H7Br2N3/c9-4-6-1-2-8(12-13-11)7(3-6)5-10/h1-3H,4-5H2. The van der Waals surface area contributed by atoms with Crippen LogP contribution in [0.3, 0.4) is 0 Å². The highest BCUT2D eigenvalue weighted by Gasteiger charge is 2.00. The molecular formula is C8H7Br2N3. The first-order valence-electron chi connectivity index (χ1n) is 3.60. The lowest BCUT2D eigenvalue weighted by Crippen LogP contribution is -1.82. The van der Waals surface area contributed by atoms with Crippen LogP contribution in [0.5, 0.6) is 0 Å². The molecular weight excluding hydrogens is 298 g/mol. The molecule has 0 saturated heterocycles. The van der Waals surface area contributed by atoms with Gasteiger partial charge in [0, 0.05) is 21.3 Å². The van der Waals surface area contributed by atoms with Crippen molar-refractivity contribution in [2.24, 2.45) is 5.11 Å². The highest BCUT2D eigenvalue weighted by atomic mass is 79.9. The van der Waals surface area contributed by atoms with Crippen LogP contribution in [-0.2, 0) is 10.7 Å². The first-order valence-corrected chi connectivity index (χ1v) is 5.85. The number of hydrogen-bond acceptors (Lipinski definition) is 1. The fourth-order valence-electron chi connectivity index (χ4n) is 0.975. The fourth-order valence-corrected chi connectivity index (χ4v) is 1.77. The Kier molecular flexibility index (Phi) is 4.28. The second-order valence-electron chi connectivity index (χ2n) is 2.42. The molecule has 0 heterocycles. The number of alkyl halides is 2. The molecule has 0 N–H and O–H groups in total. The van der Waals surface area contributed by atoms with E-state index in [1.807, 2.05) is 18.2 Å². The lowest BCUT2D eigenvalue weighted by Gasteiger charge is -2.02. The van der Waals surface area contributed by atoms with Gasteiger partial charge in [0.25, 0.3) is 0 Å². The third-order valence-corrected chi connectivity index (χ3v) is 2.85. The van der Waals surface area contributed by atoms with Crippen molar-refractivity contribution in [3.8, 4) is 0 Å². The predicted octanol–water partition coefficient (Wildman–Crippen LogP) is 4.42. The van der Waals surface area contributed by atoms with E-state index in [1.54, 1.807) is 0 Å². The summed E-state index contributed by atoms with van der Waals surface area (Å²) in [6.45, 7) is 0. The Morgan fingerprint density at radius 2 is 2.08 bits per heavy atom. The van der Waals surface area contributed by atoms with E-state index in [9.17, 15) is 0 Å². The topological polar surface area (TPSA) is 48.8 Å². The van der Waals surface area contributed by atoms with Gasteiger partial charge in [-0.1, -0.05) is 55.2 Å². The van der Waals surface area contributed by atoms with E-state index in [0.29, 0.717) is 11.0 Å². The van der Waals surface area contributed by atoms with Crippen LogP contribution in [0.1, 0.15) is 11.1 Å². The summed E-state index contributed by atoms with van der Waals surface area (Å²) >= 11 is 6.71. The molecule has 0 saturated carbocycles. The summed E-state index contributed by atoms with van der Waals surface area (Å²) in [5.74, 6) is 0. The minimum Gasteiger partial charge on any atom is -0.0876 e. The number of hydrogen-bond donors (Lipinski definition) is 0. The number of rotatable bonds is 3. The molecule has 0 amide bonds. The Hall–Kier alpha value is -0.510. The molecule has 1 rings (SSSR count). The SMILES string of the molecule is [N-]=[N+]=Nc1ccc(CBr)cc1CBr. The van der Waals surface area contributed by atoms with Crippen molar-refractivity contribution in [3.05, 3.63) is 39.8 Å². The fraction of sp³-hybridized carbons (Fsp3) is 0.250. The highest BCUT2D eigenvalue weighted by molar-refractivity contribution is 9.08. The Morgan fingerprint density at radius 3 is 2.62 bits per heavy atom. The molecule has 0 bridgehead atoms. The molecule has 5 heteroatoms. The monoisotopic (exact) mass is 303 g/mol. The molecule has 0 aliphatic rings. The smallest absolute Gasteiger partial charge is 0.0416 e. The summed E-state index contributed by atoms with van der Waals surface area (Å²) in [5.41, 5.74) is 11.2. The maximum atomic E-state index is 8.30. The lowest BCUT2D eigenvalue weighted by atomic mass is 10.1. The third kappa shape index (κ3) is 2.72. The van der Waals surface area contributed by atoms with Crippen LogP contribution < -0.4 is 0 Å². The van der Waals surface area contributed by atoms with Crippen molar-refractivity contribution in [2.45, 2.75) is 10.7 Å². The maximum absolute atomic E-state index is 8.30. The van der Waals surface area contributed by atoms with E-state index in [1.165, 1.54) is 5.56 Å². The lowest BCUT2D eigenvalue weighted by molar-refractivity contribution is 1.31. The molecule has 0 aliphatic heterocycles. The summed E-state index contributed by atoms with van der Waals surface area (Å²) in [6, 6.07) is 5.77. The Morgan fingerprint density at radius 1 is 1.31 bits per heavy atom. The van der Waals surface area contributed by atoms with Gasteiger partial charge in [0.05, 0.1) is 0 Å². The molecule has 13 heavy (non-hydrogen) atoms. The van der Waals surface area contributed by atoms with Crippen LogP contribution in [0.4, 0.5) is 5.69 Å². The average molecular weight is 305 g/mol. The molecule has 1 aromatic rings. The van der Waals surface area contributed by atoms with Crippen molar-refractivity contribution in [1.29, 1.82) is 0 Å². The van der Waals surface area contributed by atoms with Crippen LogP contribution in [0.15, 0.2) is 23.3 Å². The summed E-state index contributed by atoms with van der Waals surface area (Å²) in [7, 11) is 0. The molecule has 0 fully saturated rings. The Labute approximate surface area is 93.0 Å². The van der Waals surface area contributed by atoms with Gasteiger partial charge in [0.1, 0.15) is 0 Å². The number of benzene rings is 1. The minimum atomic E-state index is 0.684. The second-order valence-corrected chi connectivity index (χ2v) is 3.54. The summed E-state index contributed by atoms with van der Waals surface area (Å²) in [6.07, 6.45) is 0. The van der Waals surface area contributed by atoms with Gasteiger partial charge in [-0.05, 0) is 16.7 Å². The molecule has 0 aromatic heterocycles. The first kappa shape index (κ1) is 10.6. The molecule has 0 unspecified atom stereocenters. The number of halogens is 2. The molecule has 0 spiro atoms. The van der Waals surface area contributed by atoms with Crippen molar-refractivity contribution >= 4 is 37.5 Å². The molecule has 3 nitrogen and oxygen atoms in total. The average Bonchev–Trinajstić information content (AvgIpc) is 2.19. The predicted molar refractivity (Wildman–Crippen MR) is 60.5 cm³/mol. The van der Waals surface area contributed by atoms with Crippen LogP contribution in [0.2, 0.25) is 0 Å². The Bertz CT molecular complexity index is 345. The first-order chi connectivity index (χ1) is 6.31. The normalized spacial score (nSPS) is 9.38. The van der Waals surface area contributed by atoms with Gasteiger partial charge in [0.15, 0.2) is 0 Å². The molecule has 1 aromatic carbocycles. The Balaban J connectivity index is 3.15. The van der Waals surface area contributed by atoms with Gasteiger partial charge in [-0.3, -0.25) is 0 Å². The summed E-state index contributed by atoms with van der Waals surface area (Å²) < 4.78 is 0. The molecule has 0 aliphatic carbocycles. The van der Waals surface area contributed by atoms with Crippen LogP contribution >= 0.6 is 31.9 Å². The van der Waals surface area contributed by atoms with E-state index in [4.69, 9.17) is 5.53 Å². The zero-order valence-electron chi connectivity index (χ0n) is 6.74.